The highest BCUT2D eigenvalue weighted by atomic mass is 16.4. The first-order valence-electron chi connectivity index (χ1n) is 6.74. The van der Waals surface area contributed by atoms with Gasteiger partial charge in [0.1, 0.15) is 0 Å². The SMILES string of the molecule is CCCCN(CCO)C(=O)C1CCCC1C(=O)O. The lowest BCUT2D eigenvalue weighted by atomic mass is 9.94. The number of aliphatic hydroxyl groups excluding tert-OH is 1. The first-order valence-corrected chi connectivity index (χ1v) is 6.74. The maximum atomic E-state index is 12.3. The van der Waals surface area contributed by atoms with Crippen molar-refractivity contribution in [1.29, 1.82) is 0 Å². The Kier molecular flexibility index (Phi) is 6.12. The second kappa shape index (κ2) is 7.36. The highest BCUT2D eigenvalue weighted by molar-refractivity contribution is 5.85. The summed E-state index contributed by atoms with van der Waals surface area (Å²) in [7, 11) is 0. The number of amides is 1. The van der Waals surface area contributed by atoms with Gasteiger partial charge in [-0.1, -0.05) is 19.8 Å². The average Bonchev–Trinajstić information content (AvgIpc) is 2.82. The van der Waals surface area contributed by atoms with E-state index in [2.05, 4.69) is 0 Å². The van der Waals surface area contributed by atoms with E-state index in [1.807, 2.05) is 6.92 Å². The Hall–Kier alpha value is -1.10. The van der Waals surface area contributed by atoms with Gasteiger partial charge >= 0.3 is 5.97 Å². The van der Waals surface area contributed by atoms with Crippen molar-refractivity contribution in [2.24, 2.45) is 11.8 Å². The Bertz CT molecular complexity index is 293. The van der Waals surface area contributed by atoms with Gasteiger partial charge in [0.25, 0.3) is 0 Å². The Morgan fingerprint density at radius 1 is 1.22 bits per heavy atom. The normalized spacial score (nSPS) is 23.0. The molecular weight excluding hydrogens is 234 g/mol. The van der Waals surface area contributed by atoms with E-state index in [1.165, 1.54) is 0 Å². The molecule has 1 aliphatic carbocycles. The molecule has 2 unspecified atom stereocenters. The van der Waals surface area contributed by atoms with Crippen LogP contribution in [0, 0.1) is 11.8 Å². The number of hydrogen-bond donors (Lipinski definition) is 2. The minimum atomic E-state index is -0.870. The molecule has 5 nitrogen and oxygen atoms in total. The fraction of sp³-hybridized carbons (Fsp3) is 0.846. The molecule has 1 rings (SSSR count). The van der Waals surface area contributed by atoms with Crippen molar-refractivity contribution < 1.29 is 19.8 Å². The lowest BCUT2D eigenvalue weighted by molar-refractivity contribution is -0.149. The summed E-state index contributed by atoms with van der Waals surface area (Å²) in [6.45, 7) is 2.89. The van der Waals surface area contributed by atoms with Crippen molar-refractivity contribution in [2.75, 3.05) is 19.7 Å². The van der Waals surface area contributed by atoms with E-state index in [1.54, 1.807) is 4.90 Å². The molecule has 1 fully saturated rings. The third kappa shape index (κ3) is 3.70. The van der Waals surface area contributed by atoms with Crippen LogP contribution in [0.3, 0.4) is 0 Å². The third-order valence-electron chi connectivity index (χ3n) is 3.61. The summed E-state index contributed by atoms with van der Waals surface area (Å²) in [6.07, 6.45) is 3.91. The number of nitrogens with zero attached hydrogens (tertiary/aromatic N) is 1. The molecule has 0 aromatic heterocycles. The molecule has 0 aromatic carbocycles. The molecule has 5 heteroatoms. The highest BCUT2D eigenvalue weighted by Gasteiger charge is 2.39. The fourth-order valence-electron chi connectivity index (χ4n) is 2.59. The lowest BCUT2D eigenvalue weighted by Crippen LogP contribution is -2.41. The maximum absolute atomic E-state index is 12.3. The Morgan fingerprint density at radius 3 is 2.44 bits per heavy atom. The van der Waals surface area contributed by atoms with Gasteiger partial charge in [0.2, 0.25) is 5.91 Å². The molecule has 104 valence electrons. The molecule has 2 N–H and O–H groups in total. The predicted octanol–water partition coefficient (Wildman–Crippen LogP) is 1.11. The zero-order valence-electron chi connectivity index (χ0n) is 11.0. The number of hydrogen-bond acceptors (Lipinski definition) is 3. The number of unbranched alkanes of at least 4 members (excludes halogenated alkanes) is 1. The van der Waals surface area contributed by atoms with Crippen LogP contribution in [0.25, 0.3) is 0 Å². The summed E-state index contributed by atoms with van der Waals surface area (Å²) < 4.78 is 0. The van der Waals surface area contributed by atoms with Crippen LogP contribution in [0.4, 0.5) is 0 Å². The molecule has 1 saturated carbocycles. The number of carbonyl (C=O) groups is 2. The van der Waals surface area contributed by atoms with Crippen LogP contribution in [0.2, 0.25) is 0 Å². The van der Waals surface area contributed by atoms with Crippen molar-refractivity contribution in [3.8, 4) is 0 Å². The summed E-state index contributed by atoms with van der Waals surface area (Å²) >= 11 is 0. The molecule has 1 amide bonds. The molecule has 2 atom stereocenters. The monoisotopic (exact) mass is 257 g/mol. The van der Waals surface area contributed by atoms with Gasteiger partial charge in [-0.3, -0.25) is 9.59 Å². The van der Waals surface area contributed by atoms with E-state index < -0.39 is 17.8 Å². The van der Waals surface area contributed by atoms with Crippen LogP contribution >= 0.6 is 0 Å². The third-order valence-corrected chi connectivity index (χ3v) is 3.61. The molecule has 18 heavy (non-hydrogen) atoms. The lowest BCUT2D eigenvalue weighted by Gasteiger charge is -2.26. The number of rotatable bonds is 7. The van der Waals surface area contributed by atoms with Crippen LogP contribution in [0.15, 0.2) is 0 Å². The topological polar surface area (TPSA) is 77.8 Å². The van der Waals surface area contributed by atoms with E-state index in [-0.39, 0.29) is 12.5 Å². The molecular formula is C13H23NO4. The first-order chi connectivity index (χ1) is 8.61. The van der Waals surface area contributed by atoms with Crippen LogP contribution in [-0.2, 0) is 9.59 Å². The number of aliphatic hydroxyl groups is 1. The molecule has 0 heterocycles. The molecule has 0 aliphatic heterocycles. The summed E-state index contributed by atoms with van der Waals surface area (Å²) in [5.74, 6) is -1.90. The van der Waals surface area contributed by atoms with Gasteiger partial charge in [0, 0.05) is 13.1 Å². The van der Waals surface area contributed by atoms with Gasteiger partial charge in [0.05, 0.1) is 18.4 Å². The van der Waals surface area contributed by atoms with Crippen LogP contribution in [0.1, 0.15) is 39.0 Å². The standard InChI is InChI=1S/C13H23NO4/c1-2-3-7-14(8-9-15)12(16)10-5-4-6-11(10)13(17)18/h10-11,15H,2-9H2,1H3,(H,17,18). The maximum Gasteiger partial charge on any atom is 0.307 e. The number of carbonyl (C=O) groups excluding carboxylic acids is 1. The zero-order chi connectivity index (χ0) is 13.5. The Labute approximate surface area is 108 Å². The molecule has 0 spiro atoms. The largest absolute Gasteiger partial charge is 0.481 e. The Balaban J connectivity index is 2.65. The van der Waals surface area contributed by atoms with Crippen molar-refractivity contribution in [3.63, 3.8) is 0 Å². The number of carboxylic acid groups (broad SMARTS) is 1. The van der Waals surface area contributed by atoms with E-state index in [0.717, 1.165) is 19.3 Å². The van der Waals surface area contributed by atoms with Crippen LogP contribution in [-0.4, -0.2) is 46.7 Å². The van der Waals surface area contributed by atoms with Crippen molar-refractivity contribution in [1.82, 2.24) is 4.90 Å². The summed E-state index contributed by atoms with van der Waals surface area (Å²) in [4.78, 5) is 25.0. The fourth-order valence-corrected chi connectivity index (χ4v) is 2.59. The van der Waals surface area contributed by atoms with Gasteiger partial charge in [0.15, 0.2) is 0 Å². The second-order valence-corrected chi connectivity index (χ2v) is 4.88. The molecule has 0 radical (unpaired) electrons. The van der Waals surface area contributed by atoms with Crippen molar-refractivity contribution in [2.45, 2.75) is 39.0 Å². The number of carboxylic acids is 1. The highest BCUT2D eigenvalue weighted by Crippen LogP contribution is 2.33. The summed E-state index contributed by atoms with van der Waals surface area (Å²) in [6, 6.07) is 0. The quantitative estimate of drug-likeness (QED) is 0.716. The summed E-state index contributed by atoms with van der Waals surface area (Å²) in [5, 5.41) is 18.1. The van der Waals surface area contributed by atoms with Crippen LogP contribution < -0.4 is 0 Å². The smallest absolute Gasteiger partial charge is 0.307 e. The van der Waals surface area contributed by atoms with E-state index >= 15 is 0 Å². The van der Waals surface area contributed by atoms with Crippen LogP contribution in [0.5, 0.6) is 0 Å². The van der Waals surface area contributed by atoms with Gasteiger partial charge in [-0.05, 0) is 19.3 Å². The Morgan fingerprint density at radius 2 is 1.89 bits per heavy atom. The average molecular weight is 257 g/mol. The van der Waals surface area contributed by atoms with E-state index in [0.29, 0.717) is 25.9 Å². The van der Waals surface area contributed by atoms with Gasteiger partial charge in [-0.25, -0.2) is 0 Å². The van der Waals surface area contributed by atoms with Crippen molar-refractivity contribution in [3.05, 3.63) is 0 Å². The van der Waals surface area contributed by atoms with Gasteiger partial charge in [-0.15, -0.1) is 0 Å². The first kappa shape index (κ1) is 15.0. The predicted molar refractivity (Wildman–Crippen MR) is 67.0 cm³/mol. The van der Waals surface area contributed by atoms with Gasteiger partial charge in [-0.2, -0.15) is 0 Å². The van der Waals surface area contributed by atoms with Gasteiger partial charge < -0.3 is 15.1 Å². The zero-order valence-corrected chi connectivity index (χ0v) is 11.0. The summed E-state index contributed by atoms with van der Waals surface area (Å²) in [5.41, 5.74) is 0. The molecule has 0 aromatic rings. The minimum absolute atomic E-state index is 0.0695. The minimum Gasteiger partial charge on any atom is -0.481 e. The van der Waals surface area contributed by atoms with E-state index in [4.69, 9.17) is 10.2 Å². The number of aliphatic carboxylic acids is 1. The van der Waals surface area contributed by atoms with E-state index in [9.17, 15) is 9.59 Å². The molecule has 0 bridgehead atoms. The van der Waals surface area contributed by atoms with Crippen molar-refractivity contribution >= 4 is 11.9 Å². The molecule has 1 aliphatic rings. The molecule has 0 saturated heterocycles. The second-order valence-electron chi connectivity index (χ2n) is 4.88.